The van der Waals surface area contributed by atoms with Crippen molar-refractivity contribution in [3.63, 3.8) is 0 Å². The van der Waals surface area contributed by atoms with E-state index in [2.05, 4.69) is 5.10 Å². The van der Waals surface area contributed by atoms with Gasteiger partial charge in [0.1, 0.15) is 5.69 Å². The molecule has 0 radical (unpaired) electrons. The standard InChI is InChI=1S/C14H16F3N3/c1-2-3-4-11-9-13(14(15,16)17)20(19-11)12-7-5-10(18)6-8-12/h5-9H,2-4,18H2,1H3. The fourth-order valence-electron chi connectivity index (χ4n) is 1.92. The van der Waals surface area contributed by atoms with E-state index in [1.165, 1.54) is 12.1 Å². The van der Waals surface area contributed by atoms with Gasteiger partial charge >= 0.3 is 6.18 Å². The topological polar surface area (TPSA) is 43.8 Å². The Labute approximate surface area is 115 Å². The van der Waals surface area contributed by atoms with Gasteiger partial charge in [0.25, 0.3) is 0 Å². The molecule has 3 nitrogen and oxygen atoms in total. The van der Waals surface area contributed by atoms with Gasteiger partial charge in [-0.3, -0.25) is 0 Å². The van der Waals surface area contributed by atoms with Crippen LogP contribution < -0.4 is 5.73 Å². The summed E-state index contributed by atoms with van der Waals surface area (Å²) in [5, 5.41) is 4.07. The van der Waals surface area contributed by atoms with Crippen LogP contribution in [0, 0.1) is 0 Å². The number of nitrogens with zero attached hydrogens (tertiary/aromatic N) is 2. The molecule has 2 rings (SSSR count). The van der Waals surface area contributed by atoms with Gasteiger partial charge < -0.3 is 5.73 Å². The third-order valence-electron chi connectivity index (χ3n) is 2.97. The minimum absolute atomic E-state index is 0.356. The van der Waals surface area contributed by atoms with Crippen LogP contribution in [0.3, 0.4) is 0 Å². The van der Waals surface area contributed by atoms with Crippen LogP contribution in [0.25, 0.3) is 5.69 Å². The molecule has 0 saturated carbocycles. The first-order valence-corrected chi connectivity index (χ1v) is 6.44. The van der Waals surface area contributed by atoms with Crippen LogP contribution in [0.4, 0.5) is 18.9 Å². The van der Waals surface area contributed by atoms with Crippen LogP contribution in [0.5, 0.6) is 0 Å². The molecular formula is C14H16F3N3. The number of benzene rings is 1. The summed E-state index contributed by atoms with van der Waals surface area (Å²) < 4.78 is 40.1. The average Bonchev–Trinajstić information content (AvgIpc) is 2.81. The fraction of sp³-hybridized carbons (Fsp3) is 0.357. The summed E-state index contributed by atoms with van der Waals surface area (Å²) in [6.07, 6.45) is -2.16. The molecule has 0 unspecified atom stereocenters. The van der Waals surface area contributed by atoms with Crippen molar-refractivity contribution >= 4 is 5.69 Å². The number of nitrogen functional groups attached to an aromatic ring is 1. The molecule has 0 bridgehead atoms. The molecule has 0 aliphatic carbocycles. The summed E-state index contributed by atoms with van der Waals surface area (Å²) in [5.41, 5.74) is 6.10. The molecule has 20 heavy (non-hydrogen) atoms. The van der Waals surface area contributed by atoms with E-state index in [-0.39, 0.29) is 0 Å². The number of rotatable bonds is 4. The van der Waals surface area contributed by atoms with Gasteiger partial charge in [0, 0.05) is 5.69 Å². The third-order valence-corrected chi connectivity index (χ3v) is 2.97. The maximum absolute atomic E-state index is 13.1. The lowest BCUT2D eigenvalue weighted by molar-refractivity contribution is -0.142. The molecule has 0 fully saturated rings. The first kappa shape index (κ1) is 14.4. The number of alkyl halides is 3. The summed E-state index contributed by atoms with van der Waals surface area (Å²) in [5.74, 6) is 0. The number of halogens is 3. The Morgan fingerprint density at radius 1 is 1.20 bits per heavy atom. The Morgan fingerprint density at radius 2 is 1.85 bits per heavy atom. The van der Waals surface area contributed by atoms with E-state index in [4.69, 9.17) is 5.73 Å². The predicted octanol–water partition coefficient (Wildman–Crippen LogP) is 3.82. The Morgan fingerprint density at radius 3 is 2.40 bits per heavy atom. The number of aromatic nitrogens is 2. The van der Waals surface area contributed by atoms with Gasteiger partial charge in [-0.2, -0.15) is 18.3 Å². The molecule has 6 heteroatoms. The third kappa shape index (κ3) is 3.12. The molecule has 0 aliphatic rings. The zero-order valence-corrected chi connectivity index (χ0v) is 11.1. The Bertz CT molecular complexity index is 570. The van der Waals surface area contributed by atoms with Crippen molar-refractivity contribution in [1.29, 1.82) is 0 Å². The van der Waals surface area contributed by atoms with Crippen molar-refractivity contribution in [2.75, 3.05) is 5.73 Å². The number of nitrogens with two attached hydrogens (primary N) is 1. The highest BCUT2D eigenvalue weighted by Crippen LogP contribution is 2.32. The SMILES string of the molecule is CCCCc1cc(C(F)(F)F)n(-c2ccc(N)cc2)n1. The van der Waals surface area contributed by atoms with Crippen molar-refractivity contribution in [2.45, 2.75) is 32.4 Å². The van der Waals surface area contributed by atoms with Crippen LogP contribution >= 0.6 is 0 Å². The molecule has 0 saturated heterocycles. The van der Waals surface area contributed by atoms with Crippen LogP contribution in [0.2, 0.25) is 0 Å². The van der Waals surface area contributed by atoms with Crippen molar-refractivity contribution in [1.82, 2.24) is 9.78 Å². The lowest BCUT2D eigenvalue weighted by Gasteiger charge is -2.10. The fourth-order valence-corrected chi connectivity index (χ4v) is 1.92. The molecule has 108 valence electrons. The normalized spacial score (nSPS) is 11.8. The Kier molecular flexibility index (Phi) is 4.01. The molecule has 2 N–H and O–H groups in total. The first-order chi connectivity index (χ1) is 9.41. The highest BCUT2D eigenvalue weighted by molar-refractivity contribution is 5.45. The van der Waals surface area contributed by atoms with Gasteiger partial charge in [-0.15, -0.1) is 0 Å². The van der Waals surface area contributed by atoms with Gasteiger partial charge in [-0.05, 0) is 43.2 Å². The number of anilines is 1. The predicted molar refractivity (Wildman–Crippen MR) is 71.6 cm³/mol. The lowest BCUT2D eigenvalue weighted by atomic mass is 10.2. The number of aryl methyl sites for hydroxylation is 1. The first-order valence-electron chi connectivity index (χ1n) is 6.44. The van der Waals surface area contributed by atoms with Crippen LogP contribution in [-0.4, -0.2) is 9.78 Å². The second kappa shape index (κ2) is 5.56. The zero-order valence-electron chi connectivity index (χ0n) is 11.1. The highest BCUT2D eigenvalue weighted by atomic mass is 19.4. The number of unbranched alkanes of at least 4 members (excludes halogenated alkanes) is 1. The molecule has 0 spiro atoms. The van der Waals surface area contributed by atoms with E-state index in [0.717, 1.165) is 23.6 Å². The highest BCUT2D eigenvalue weighted by Gasteiger charge is 2.36. The monoisotopic (exact) mass is 283 g/mol. The maximum atomic E-state index is 13.1. The molecular weight excluding hydrogens is 267 g/mol. The van der Waals surface area contributed by atoms with Crippen molar-refractivity contribution in [2.24, 2.45) is 0 Å². The summed E-state index contributed by atoms with van der Waals surface area (Å²) in [7, 11) is 0. The average molecular weight is 283 g/mol. The van der Waals surface area contributed by atoms with Gasteiger partial charge in [0.05, 0.1) is 11.4 Å². The second-order valence-electron chi connectivity index (χ2n) is 4.63. The van der Waals surface area contributed by atoms with Crippen LogP contribution in [0.1, 0.15) is 31.2 Å². The van der Waals surface area contributed by atoms with Crippen molar-refractivity contribution in [3.05, 3.63) is 41.7 Å². The van der Waals surface area contributed by atoms with Gasteiger partial charge in [0.2, 0.25) is 0 Å². The minimum atomic E-state index is -4.43. The summed E-state index contributed by atoms with van der Waals surface area (Å²) >= 11 is 0. The van der Waals surface area contributed by atoms with Gasteiger partial charge in [0.15, 0.2) is 0 Å². The lowest BCUT2D eigenvalue weighted by Crippen LogP contribution is -2.13. The Balaban J connectivity index is 2.44. The number of hydrogen-bond acceptors (Lipinski definition) is 2. The molecule has 0 aliphatic heterocycles. The minimum Gasteiger partial charge on any atom is -0.399 e. The summed E-state index contributed by atoms with van der Waals surface area (Å²) in [6, 6.07) is 7.29. The molecule has 1 aromatic heterocycles. The smallest absolute Gasteiger partial charge is 0.399 e. The van der Waals surface area contributed by atoms with E-state index in [0.29, 0.717) is 23.5 Å². The van der Waals surface area contributed by atoms with E-state index in [9.17, 15) is 13.2 Å². The number of hydrogen-bond donors (Lipinski definition) is 1. The van der Waals surface area contributed by atoms with E-state index in [1.54, 1.807) is 12.1 Å². The van der Waals surface area contributed by atoms with E-state index >= 15 is 0 Å². The molecule has 1 heterocycles. The zero-order chi connectivity index (χ0) is 14.8. The van der Waals surface area contributed by atoms with Crippen molar-refractivity contribution < 1.29 is 13.2 Å². The summed E-state index contributed by atoms with van der Waals surface area (Å²) in [6.45, 7) is 1.99. The van der Waals surface area contributed by atoms with Crippen LogP contribution in [-0.2, 0) is 12.6 Å². The molecule has 0 atom stereocenters. The largest absolute Gasteiger partial charge is 0.433 e. The maximum Gasteiger partial charge on any atom is 0.433 e. The summed E-state index contributed by atoms with van der Waals surface area (Å²) in [4.78, 5) is 0. The van der Waals surface area contributed by atoms with E-state index < -0.39 is 11.9 Å². The van der Waals surface area contributed by atoms with Crippen molar-refractivity contribution in [3.8, 4) is 5.69 Å². The molecule has 0 amide bonds. The quantitative estimate of drug-likeness (QED) is 0.867. The van der Waals surface area contributed by atoms with Crippen LogP contribution in [0.15, 0.2) is 30.3 Å². The van der Waals surface area contributed by atoms with Gasteiger partial charge in [-0.25, -0.2) is 4.68 Å². The molecule has 2 aromatic rings. The Hall–Kier alpha value is -1.98. The van der Waals surface area contributed by atoms with E-state index in [1.807, 2.05) is 6.92 Å². The van der Waals surface area contributed by atoms with Gasteiger partial charge in [-0.1, -0.05) is 13.3 Å². The second-order valence-corrected chi connectivity index (χ2v) is 4.63. The molecule has 1 aromatic carbocycles.